The number of methoxy groups -OCH3 is 1. The number of H-pyrrole nitrogens is 1. The third-order valence-corrected chi connectivity index (χ3v) is 8.62. The highest BCUT2D eigenvalue weighted by Gasteiger charge is 2.37. The Bertz CT molecular complexity index is 1550. The van der Waals surface area contributed by atoms with Crippen LogP contribution in [0.15, 0.2) is 95.8 Å². The molecular weight excluding hydrogens is 548 g/mol. The van der Waals surface area contributed by atoms with Crippen molar-refractivity contribution in [2.24, 2.45) is 4.99 Å². The molecule has 0 amide bonds. The van der Waals surface area contributed by atoms with Crippen LogP contribution in [0.25, 0.3) is 22.5 Å². The lowest BCUT2D eigenvalue weighted by Gasteiger charge is -2.40. The summed E-state index contributed by atoms with van der Waals surface area (Å²) in [5, 5.41) is 14.6. The SMILES string of the molecule is CCCCCC1N=C2C(=CN(C(C)OC)CN2CCc2ccccc2)N1Cc1ccc(-c2ccccc2-c2nnn[nH]2)cc1. The summed E-state index contributed by atoms with van der Waals surface area (Å²) in [4.78, 5) is 12.6. The van der Waals surface area contributed by atoms with Crippen LogP contribution in [0.2, 0.25) is 0 Å². The van der Waals surface area contributed by atoms with Gasteiger partial charge in [0.2, 0.25) is 0 Å². The predicted molar refractivity (Wildman–Crippen MR) is 174 cm³/mol. The van der Waals surface area contributed by atoms with Crippen LogP contribution in [0.4, 0.5) is 0 Å². The van der Waals surface area contributed by atoms with E-state index in [-0.39, 0.29) is 12.4 Å². The number of hydrogen-bond donors (Lipinski definition) is 1. The number of ether oxygens (including phenoxy) is 1. The first-order valence-electron chi connectivity index (χ1n) is 15.7. The van der Waals surface area contributed by atoms with E-state index in [9.17, 15) is 0 Å². The standard InChI is InChI=1S/C35H42N8O/c1-4-5-7-16-33-36-35-32(24-42(26(2)44-3)25-41(35)22-21-27-12-8-6-9-13-27)43(33)23-28-17-19-29(20-18-28)30-14-10-11-15-31(30)34-37-39-40-38-34/h6,8-15,17-20,24,26,33H,4-5,7,16,21-23,25H2,1-3H3,(H,37,38,39,40). The van der Waals surface area contributed by atoms with Crippen molar-refractivity contribution in [3.63, 3.8) is 0 Å². The van der Waals surface area contributed by atoms with Gasteiger partial charge in [0.15, 0.2) is 11.7 Å². The monoisotopic (exact) mass is 590 g/mol. The molecule has 228 valence electrons. The van der Waals surface area contributed by atoms with Gasteiger partial charge in [0, 0.05) is 32.0 Å². The summed E-state index contributed by atoms with van der Waals surface area (Å²) in [6.07, 6.45) is 7.92. The van der Waals surface area contributed by atoms with Crippen molar-refractivity contribution in [1.29, 1.82) is 0 Å². The quantitative estimate of drug-likeness (QED) is 0.183. The molecule has 3 aromatic carbocycles. The van der Waals surface area contributed by atoms with Gasteiger partial charge in [-0.1, -0.05) is 98.6 Å². The second-order valence-electron chi connectivity index (χ2n) is 11.6. The minimum absolute atomic E-state index is 0.0387. The zero-order valence-electron chi connectivity index (χ0n) is 25.9. The molecule has 0 spiro atoms. The molecule has 2 atom stereocenters. The van der Waals surface area contributed by atoms with Crippen LogP contribution in [-0.2, 0) is 17.7 Å². The highest BCUT2D eigenvalue weighted by molar-refractivity contribution is 6.00. The van der Waals surface area contributed by atoms with Crippen LogP contribution >= 0.6 is 0 Å². The molecule has 6 rings (SSSR count). The van der Waals surface area contributed by atoms with Gasteiger partial charge in [0.1, 0.15) is 12.4 Å². The second kappa shape index (κ2) is 13.9. The molecule has 2 unspecified atom stereocenters. The van der Waals surface area contributed by atoms with E-state index < -0.39 is 0 Å². The molecule has 0 saturated heterocycles. The van der Waals surface area contributed by atoms with Gasteiger partial charge in [-0.2, -0.15) is 0 Å². The lowest BCUT2D eigenvalue weighted by atomic mass is 9.98. The largest absolute Gasteiger partial charge is 0.362 e. The third-order valence-electron chi connectivity index (χ3n) is 8.62. The molecule has 1 N–H and O–H groups in total. The maximum absolute atomic E-state index is 5.78. The van der Waals surface area contributed by atoms with E-state index in [1.54, 1.807) is 7.11 Å². The summed E-state index contributed by atoms with van der Waals surface area (Å²) in [5.41, 5.74) is 6.97. The Labute approximate surface area is 260 Å². The Kier molecular flexibility index (Phi) is 9.31. The molecule has 0 aliphatic carbocycles. The van der Waals surface area contributed by atoms with E-state index in [1.165, 1.54) is 29.7 Å². The van der Waals surface area contributed by atoms with Crippen LogP contribution in [0.1, 0.15) is 50.7 Å². The molecule has 4 aromatic rings. The summed E-state index contributed by atoms with van der Waals surface area (Å²) in [6, 6.07) is 27.8. The van der Waals surface area contributed by atoms with E-state index in [1.807, 2.05) is 18.2 Å². The lowest BCUT2D eigenvalue weighted by Crippen LogP contribution is -2.49. The maximum Gasteiger partial charge on any atom is 0.180 e. The summed E-state index contributed by atoms with van der Waals surface area (Å²) >= 11 is 0. The van der Waals surface area contributed by atoms with E-state index in [4.69, 9.17) is 9.73 Å². The molecule has 2 aliphatic rings. The minimum atomic E-state index is -0.0387. The van der Waals surface area contributed by atoms with E-state index in [0.29, 0.717) is 5.82 Å². The topological polar surface area (TPSA) is 85.8 Å². The number of aliphatic imine (C=N–C) groups is 1. The van der Waals surface area contributed by atoms with Crippen molar-refractivity contribution in [2.45, 2.75) is 64.9 Å². The number of benzene rings is 3. The van der Waals surface area contributed by atoms with E-state index in [0.717, 1.165) is 61.5 Å². The van der Waals surface area contributed by atoms with Gasteiger partial charge < -0.3 is 19.4 Å². The smallest absolute Gasteiger partial charge is 0.180 e. The molecule has 0 fully saturated rings. The third kappa shape index (κ3) is 6.53. The van der Waals surface area contributed by atoms with Crippen molar-refractivity contribution >= 4 is 5.84 Å². The number of rotatable bonds is 13. The summed E-state index contributed by atoms with van der Waals surface area (Å²) in [6.45, 7) is 6.81. The molecule has 44 heavy (non-hydrogen) atoms. The fraction of sp³-hybridized carbons (Fsp3) is 0.371. The number of hydrogen-bond acceptors (Lipinski definition) is 8. The Morgan fingerprint density at radius 1 is 0.932 bits per heavy atom. The van der Waals surface area contributed by atoms with E-state index in [2.05, 4.69) is 116 Å². The average Bonchev–Trinajstić information content (AvgIpc) is 3.73. The zero-order valence-corrected chi connectivity index (χ0v) is 25.9. The van der Waals surface area contributed by atoms with Gasteiger partial charge in [-0.25, -0.2) is 10.1 Å². The average molecular weight is 591 g/mol. The second-order valence-corrected chi connectivity index (χ2v) is 11.6. The van der Waals surface area contributed by atoms with Gasteiger partial charge in [0.05, 0.1) is 12.4 Å². The Morgan fingerprint density at radius 2 is 1.70 bits per heavy atom. The minimum Gasteiger partial charge on any atom is -0.362 e. The number of aromatic nitrogens is 4. The van der Waals surface area contributed by atoms with Crippen LogP contribution in [-0.4, -0.2) is 73.9 Å². The Hall–Kier alpha value is -4.50. The Balaban J connectivity index is 1.27. The first-order chi connectivity index (χ1) is 21.6. The number of amidine groups is 1. The molecule has 1 aromatic heterocycles. The van der Waals surface area contributed by atoms with Crippen LogP contribution in [0.3, 0.4) is 0 Å². The summed E-state index contributed by atoms with van der Waals surface area (Å²) in [5.74, 6) is 1.77. The van der Waals surface area contributed by atoms with Crippen molar-refractivity contribution in [2.75, 3.05) is 20.3 Å². The Morgan fingerprint density at radius 3 is 2.43 bits per heavy atom. The molecule has 0 bridgehead atoms. The van der Waals surface area contributed by atoms with Gasteiger partial charge in [-0.3, -0.25) is 0 Å². The number of tetrazole rings is 1. The molecule has 3 heterocycles. The van der Waals surface area contributed by atoms with Crippen molar-refractivity contribution < 1.29 is 4.74 Å². The van der Waals surface area contributed by atoms with Crippen LogP contribution < -0.4 is 0 Å². The number of fused-ring (bicyclic) bond motifs is 1. The maximum atomic E-state index is 5.78. The number of unbranched alkanes of at least 4 members (excludes halogenated alkanes) is 2. The highest BCUT2D eigenvalue weighted by Crippen LogP contribution is 2.34. The summed E-state index contributed by atoms with van der Waals surface area (Å²) in [7, 11) is 1.78. The number of nitrogens with zero attached hydrogens (tertiary/aromatic N) is 7. The lowest BCUT2D eigenvalue weighted by molar-refractivity contribution is -0.0112. The first kappa shape index (κ1) is 29.6. The molecule has 2 aliphatic heterocycles. The number of nitrogens with one attached hydrogen (secondary N) is 1. The molecule has 9 nitrogen and oxygen atoms in total. The molecule has 9 heteroatoms. The fourth-order valence-electron chi connectivity index (χ4n) is 6.03. The van der Waals surface area contributed by atoms with Crippen LogP contribution in [0.5, 0.6) is 0 Å². The van der Waals surface area contributed by atoms with Gasteiger partial charge in [0.25, 0.3) is 0 Å². The van der Waals surface area contributed by atoms with Crippen molar-refractivity contribution in [1.82, 2.24) is 35.3 Å². The van der Waals surface area contributed by atoms with Gasteiger partial charge in [-0.05, 0) is 58.9 Å². The predicted octanol–water partition coefficient (Wildman–Crippen LogP) is 6.31. The molecular formula is C35H42N8O. The molecule has 0 radical (unpaired) electrons. The summed E-state index contributed by atoms with van der Waals surface area (Å²) < 4.78 is 5.78. The molecule has 0 saturated carbocycles. The number of aromatic amines is 1. The van der Waals surface area contributed by atoms with Crippen molar-refractivity contribution in [3.8, 4) is 22.5 Å². The highest BCUT2D eigenvalue weighted by atomic mass is 16.5. The van der Waals surface area contributed by atoms with Gasteiger partial charge in [-0.15, -0.1) is 5.10 Å². The first-order valence-corrected chi connectivity index (χ1v) is 15.7. The van der Waals surface area contributed by atoms with Gasteiger partial charge >= 0.3 is 0 Å². The van der Waals surface area contributed by atoms with E-state index >= 15 is 0 Å². The zero-order chi connectivity index (χ0) is 30.3. The van der Waals surface area contributed by atoms with Crippen molar-refractivity contribution in [3.05, 3.63) is 102 Å². The fourth-order valence-corrected chi connectivity index (χ4v) is 6.03. The normalized spacial score (nSPS) is 17.0. The van der Waals surface area contributed by atoms with Crippen LogP contribution in [0, 0.1) is 0 Å².